The van der Waals surface area contributed by atoms with Gasteiger partial charge in [-0.3, -0.25) is 14.9 Å². The number of unbranched alkanes of at least 4 members (excludes halogenated alkanes) is 2. The molecule has 8 nitrogen and oxygen atoms in total. The molecule has 3 amide bonds. The van der Waals surface area contributed by atoms with Crippen molar-refractivity contribution in [2.45, 2.75) is 51.9 Å². The number of nitrogens with one attached hydrogen (secondary N) is 1. The summed E-state index contributed by atoms with van der Waals surface area (Å²) in [6.07, 6.45) is 2.33. The van der Waals surface area contributed by atoms with Gasteiger partial charge in [-0.05, 0) is 18.9 Å². The van der Waals surface area contributed by atoms with Crippen molar-refractivity contribution in [1.82, 2.24) is 15.1 Å². The van der Waals surface area contributed by atoms with Crippen LogP contribution in [0.5, 0.6) is 0 Å². The highest BCUT2D eigenvalue weighted by atomic mass is 32.2. The number of imide groups is 1. The van der Waals surface area contributed by atoms with Crippen LogP contribution in [-0.4, -0.2) is 64.5 Å². The second-order valence-corrected chi connectivity index (χ2v) is 8.45. The molecule has 0 bridgehead atoms. The Morgan fingerprint density at radius 2 is 1.97 bits per heavy atom. The number of hydrogen-bond donors (Lipinski definition) is 1. The second kappa shape index (κ2) is 9.97. The van der Waals surface area contributed by atoms with Gasteiger partial charge < -0.3 is 14.5 Å². The molecule has 2 atom stereocenters. The molecule has 0 saturated carbocycles. The fraction of sp³-hybridized carbons (Fsp3) is 0.524. The van der Waals surface area contributed by atoms with Gasteiger partial charge in [0.15, 0.2) is 17.4 Å². The number of aryl methyl sites for hydroxylation is 1. The van der Waals surface area contributed by atoms with Gasteiger partial charge in [-0.2, -0.15) is 0 Å². The standard InChI is InChI=1S/C21H28N4O4S/c1-4-5-6-11-29-16(26)13-30-21-22-18-17(19(27)23-20(28)24(18)3)25(21)12-15-9-7-14(2)8-10-15/h7-10,17-18H,4-6,11-13H2,1-3H3,(H,23,27,28). The van der Waals surface area contributed by atoms with Crippen LogP contribution in [0.3, 0.4) is 0 Å². The minimum absolute atomic E-state index is 0.105. The van der Waals surface area contributed by atoms with E-state index in [1.54, 1.807) is 7.05 Å². The van der Waals surface area contributed by atoms with Gasteiger partial charge in [0.05, 0.1) is 12.4 Å². The van der Waals surface area contributed by atoms with Crippen LogP contribution in [0.2, 0.25) is 0 Å². The third-order valence-electron chi connectivity index (χ3n) is 5.13. The number of amidine groups is 1. The van der Waals surface area contributed by atoms with Crippen LogP contribution >= 0.6 is 11.8 Å². The fourth-order valence-electron chi connectivity index (χ4n) is 3.38. The number of aliphatic imine (C=N–C) groups is 1. The lowest BCUT2D eigenvalue weighted by atomic mass is 10.1. The third-order valence-corrected chi connectivity index (χ3v) is 6.10. The van der Waals surface area contributed by atoms with E-state index in [9.17, 15) is 14.4 Å². The minimum atomic E-state index is -0.628. The summed E-state index contributed by atoms with van der Waals surface area (Å²) in [7, 11) is 1.61. The number of ether oxygens (including phenoxy) is 1. The molecule has 1 aromatic carbocycles. The molecule has 1 saturated heterocycles. The first-order valence-corrected chi connectivity index (χ1v) is 11.2. The van der Waals surface area contributed by atoms with E-state index in [1.807, 2.05) is 36.1 Å². The highest BCUT2D eigenvalue weighted by Gasteiger charge is 2.48. The predicted octanol–water partition coefficient (Wildman–Crippen LogP) is 2.51. The molecule has 1 aromatic rings. The fourth-order valence-corrected chi connectivity index (χ4v) is 4.24. The number of amides is 3. The molecule has 0 aliphatic carbocycles. The van der Waals surface area contributed by atoms with Gasteiger partial charge in [0.2, 0.25) is 0 Å². The van der Waals surface area contributed by atoms with Gasteiger partial charge >= 0.3 is 12.0 Å². The van der Waals surface area contributed by atoms with E-state index in [0.717, 1.165) is 30.4 Å². The molecule has 30 heavy (non-hydrogen) atoms. The molecule has 3 rings (SSSR count). The number of thioether (sulfide) groups is 1. The van der Waals surface area contributed by atoms with Gasteiger partial charge in [-0.1, -0.05) is 61.4 Å². The maximum atomic E-state index is 12.6. The van der Waals surface area contributed by atoms with Crippen LogP contribution in [0, 0.1) is 6.92 Å². The quantitative estimate of drug-likeness (QED) is 0.501. The molecule has 0 spiro atoms. The van der Waals surface area contributed by atoms with E-state index >= 15 is 0 Å². The van der Waals surface area contributed by atoms with E-state index in [-0.39, 0.29) is 17.6 Å². The molecule has 1 N–H and O–H groups in total. The lowest BCUT2D eigenvalue weighted by Crippen LogP contribution is -2.63. The Kier molecular flexibility index (Phi) is 7.36. The lowest BCUT2D eigenvalue weighted by molar-refractivity contribution is -0.140. The summed E-state index contributed by atoms with van der Waals surface area (Å²) >= 11 is 1.24. The normalized spacial score (nSPS) is 20.7. The number of carbonyl (C=O) groups excluding carboxylic acids is 3. The number of benzene rings is 1. The molecule has 2 heterocycles. The highest BCUT2D eigenvalue weighted by Crippen LogP contribution is 2.30. The minimum Gasteiger partial charge on any atom is -0.465 e. The van der Waals surface area contributed by atoms with Crippen molar-refractivity contribution in [3.63, 3.8) is 0 Å². The average Bonchev–Trinajstić information content (AvgIpc) is 3.08. The molecule has 1 fully saturated rings. The lowest BCUT2D eigenvalue weighted by Gasteiger charge is -2.36. The number of rotatable bonds is 8. The van der Waals surface area contributed by atoms with Crippen molar-refractivity contribution in [1.29, 1.82) is 0 Å². The molecular weight excluding hydrogens is 404 g/mol. The Bertz CT molecular complexity index is 827. The molecule has 2 aliphatic heterocycles. The van der Waals surface area contributed by atoms with Crippen LogP contribution in [0.15, 0.2) is 29.3 Å². The van der Waals surface area contributed by atoms with Gasteiger partial charge in [0.1, 0.15) is 0 Å². The van der Waals surface area contributed by atoms with Crippen LogP contribution in [0.1, 0.15) is 37.3 Å². The van der Waals surface area contributed by atoms with Gasteiger partial charge in [-0.25, -0.2) is 9.79 Å². The summed E-state index contributed by atoms with van der Waals surface area (Å²) in [5, 5.41) is 2.95. The highest BCUT2D eigenvalue weighted by molar-refractivity contribution is 8.14. The summed E-state index contributed by atoms with van der Waals surface area (Å²) < 4.78 is 5.27. The summed E-state index contributed by atoms with van der Waals surface area (Å²) in [4.78, 5) is 44.6. The summed E-state index contributed by atoms with van der Waals surface area (Å²) in [5.41, 5.74) is 2.16. The van der Waals surface area contributed by atoms with Crippen molar-refractivity contribution in [3.8, 4) is 0 Å². The first kappa shape index (κ1) is 22.1. The zero-order valence-corrected chi connectivity index (χ0v) is 18.4. The summed E-state index contributed by atoms with van der Waals surface area (Å²) in [6, 6.07) is 6.93. The number of nitrogens with zero attached hydrogens (tertiary/aromatic N) is 3. The number of fused-ring (bicyclic) bond motifs is 1. The summed E-state index contributed by atoms with van der Waals surface area (Å²) in [6.45, 7) is 4.97. The zero-order valence-electron chi connectivity index (χ0n) is 17.6. The molecular formula is C21H28N4O4S. The molecule has 162 valence electrons. The predicted molar refractivity (Wildman–Crippen MR) is 116 cm³/mol. The maximum absolute atomic E-state index is 12.6. The SMILES string of the molecule is CCCCCOC(=O)CSC1=NC2C(C(=O)NC(=O)N2C)N1Cc1ccc(C)cc1. The topological polar surface area (TPSA) is 91.3 Å². The molecule has 0 aromatic heterocycles. The van der Waals surface area contributed by atoms with Crippen molar-refractivity contribution in [3.05, 3.63) is 35.4 Å². The smallest absolute Gasteiger partial charge is 0.325 e. The van der Waals surface area contributed by atoms with E-state index in [0.29, 0.717) is 18.3 Å². The Hall–Kier alpha value is -2.55. The van der Waals surface area contributed by atoms with Crippen LogP contribution in [-0.2, 0) is 20.9 Å². The van der Waals surface area contributed by atoms with E-state index in [2.05, 4.69) is 17.2 Å². The van der Waals surface area contributed by atoms with Crippen LogP contribution in [0.25, 0.3) is 0 Å². The van der Waals surface area contributed by atoms with Gasteiger partial charge in [-0.15, -0.1) is 0 Å². The Balaban J connectivity index is 1.72. The maximum Gasteiger partial charge on any atom is 0.325 e. The number of urea groups is 1. The van der Waals surface area contributed by atoms with Crippen molar-refractivity contribution in [2.75, 3.05) is 19.4 Å². The first-order chi connectivity index (χ1) is 14.4. The first-order valence-electron chi connectivity index (χ1n) is 10.2. The third kappa shape index (κ3) is 5.13. The van der Waals surface area contributed by atoms with E-state index < -0.39 is 18.2 Å². The molecule has 0 radical (unpaired) electrons. The molecule has 2 unspecified atom stereocenters. The van der Waals surface area contributed by atoms with Crippen LogP contribution < -0.4 is 5.32 Å². The molecule has 2 aliphatic rings. The van der Waals surface area contributed by atoms with Gasteiger partial charge in [0.25, 0.3) is 5.91 Å². The Morgan fingerprint density at radius 3 is 2.67 bits per heavy atom. The monoisotopic (exact) mass is 432 g/mol. The number of hydrogen-bond acceptors (Lipinski definition) is 7. The summed E-state index contributed by atoms with van der Waals surface area (Å²) in [5.74, 6) is -0.580. The Morgan fingerprint density at radius 1 is 1.23 bits per heavy atom. The van der Waals surface area contributed by atoms with Crippen molar-refractivity contribution >= 4 is 34.8 Å². The number of likely N-dealkylation sites (N-methyl/N-ethyl adjacent to an activating group) is 1. The van der Waals surface area contributed by atoms with Crippen LogP contribution in [0.4, 0.5) is 4.79 Å². The average molecular weight is 433 g/mol. The molecule has 9 heteroatoms. The largest absolute Gasteiger partial charge is 0.465 e. The van der Waals surface area contributed by atoms with Crippen molar-refractivity contribution in [2.24, 2.45) is 4.99 Å². The van der Waals surface area contributed by atoms with Crippen molar-refractivity contribution < 1.29 is 19.1 Å². The number of esters is 1. The zero-order chi connectivity index (χ0) is 21.7. The number of carbonyl (C=O) groups is 3. The Labute approximate surface area is 181 Å². The van der Waals surface area contributed by atoms with E-state index in [4.69, 9.17) is 4.74 Å². The van der Waals surface area contributed by atoms with Gasteiger partial charge in [0, 0.05) is 13.6 Å². The second-order valence-electron chi connectivity index (χ2n) is 7.51. The van der Waals surface area contributed by atoms with E-state index in [1.165, 1.54) is 16.7 Å².